The maximum atomic E-state index is 8.98. The molecule has 0 bridgehead atoms. The number of hydrogen-bond acceptors (Lipinski definition) is 2. The van der Waals surface area contributed by atoms with Crippen LogP contribution in [0.2, 0.25) is 0 Å². The molecule has 0 fully saturated rings. The number of imidazole rings is 2. The highest BCUT2D eigenvalue weighted by Crippen LogP contribution is 1.92. The van der Waals surface area contributed by atoms with E-state index in [0.29, 0.717) is 13.2 Å². The zero-order valence-corrected chi connectivity index (χ0v) is 13.3. The third kappa shape index (κ3) is 7.63. The van der Waals surface area contributed by atoms with Crippen LogP contribution in [0.3, 0.4) is 0 Å². The average molecular weight is 296 g/mol. The van der Waals surface area contributed by atoms with Crippen LogP contribution >= 0.6 is 0 Å². The molecule has 118 valence electrons. The van der Waals surface area contributed by atoms with Crippen molar-refractivity contribution in [3.8, 4) is 0 Å². The number of aryl methyl sites for hydroxylation is 3. The summed E-state index contributed by atoms with van der Waals surface area (Å²) in [6.07, 6.45) is 13.6. The molecule has 6 heteroatoms. The predicted molar refractivity (Wildman–Crippen MR) is 79.2 cm³/mol. The Bertz CT molecular complexity index is 505. The van der Waals surface area contributed by atoms with Crippen LogP contribution in [0, 0.1) is 0 Å². The molecule has 0 amide bonds. The molecule has 0 spiro atoms. The van der Waals surface area contributed by atoms with Crippen LogP contribution in [0.5, 0.6) is 0 Å². The number of rotatable bonds is 6. The molecular weight excluding hydrogens is 268 g/mol. The van der Waals surface area contributed by atoms with Crippen LogP contribution in [-0.2, 0) is 27.2 Å². The van der Waals surface area contributed by atoms with E-state index in [0.717, 1.165) is 19.4 Å². The van der Waals surface area contributed by atoms with Crippen molar-refractivity contribution in [2.45, 2.75) is 39.0 Å². The Morgan fingerprint density at radius 1 is 1.00 bits per heavy atom. The van der Waals surface area contributed by atoms with Gasteiger partial charge in [-0.15, -0.1) is 0 Å². The van der Waals surface area contributed by atoms with Crippen molar-refractivity contribution >= 4 is 0 Å². The smallest absolute Gasteiger partial charge is 0.243 e. The van der Waals surface area contributed by atoms with Gasteiger partial charge in [-0.3, -0.25) is 0 Å². The third-order valence-electron chi connectivity index (χ3n) is 2.95. The first kappa shape index (κ1) is 17.4. The van der Waals surface area contributed by atoms with Gasteiger partial charge in [-0.2, -0.15) is 0 Å². The first-order chi connectivity index (χ1) is 10.0. The molecule has 2 N–H and O–H groups in total. The maximum Gasteiger partial charge on any atom is 0.243 e. The largest absolute Gasteiger partial charge is 0.396 e. The highest BCUT2D eigenvalue weighted by Gasteiger charge is 2.02. The lowest BCUT2D eigenvalue weighted by Crippen LogP contribution is -2.24. The number of nitrogens with zero attached hydrogens (tertiary/aromatic N) is 4. The van der Waals surface area contributed by atoms with Gasteiger partial charge in [-0.05, 0) is 19.8 Å². The Morgan fingerprint density at radius 2 is 1.57 bits per heavy atom. The Labute approximate surface area is 126 Å². The zero-order chi connectivity index (χ0) is 15.7. The van der Waals surface area contributed by atoms with Crippen LogP contribution in [0.1, 0.15) is 19.8 Å². The Kier molecular flexibility index (Phi) is 7.71. The van der Waals surface area contributed by atoms with Crippen LogP contribution in [-0.4, -0.2) is 32.1 Å². The van der Waals surface area contributed by atoms with Crippen molar-refractivity contribution in [1.29, 1.82) is 0 Å². The summed E-state index contributed by atoms with van der Waals surface area (Å²) in [5, 5.41) is 17.5. The third-order valence-corrected chi connectivity index (χ3v) is 2.95. The topological polar surface area (TPSA) is 58.1 Å². The fourth-order valence-electron chi connectivity index (χ4n) is 1.95. The molecule has 2 rings (SSSR count). The Hall–Kier alpha value is -1.66. The summed E-state index contributed by atoms with van der Waals surface area (Å²) < 4.78 is 8.03. The van der Waals surface area contributed by atoms with Gasteiger partial charge >= 0.3 is 0 Å². The molecule has 0 saturated heterocycles. The van der Waals surface area contributed by atoms with E-state index in [1.807, 2.05) is 65.2 Å². The monoisotopic (exact) mass is 296 g/mol. The summed E-state index contributed by atoms with van der Waals surface area (Å²) in [5.74, 6) is 0. The van der Waals surface area contributed by atoms with E-state index in [-0.39, 0.29) is 6.10 Å². The summed E-state index contributed by atoms with van der Waals surface area (Å²) in [6.45, 7) is 3.75. The molecule has 2 aromatic rings. The number of aromatic nitrogens is 4. The lowest BCUT2D eigenvalue weighted by Gasteiger charge is -1.97. The summed E-state index contributed by atoms with van der Waals surface area (Å²) in [4.78, 5) is 0. The van der Waals surface area contributed by atoms with Crippen molar-refractivity contribution in [2.24, 2.45) is 14.1 Å². The van der Waals surface area contributed by atoms with Gasteiger partial charge in [0.05, 0.1) is 26.7 Å². The molecule has 2 heterocycles. The minimum absolute atomic E-state index is 0.271. The van der Waals surface area contributed by atoms with Crippen molar-refractivity contribution in [3.63, 3.8) is 0 Å². The second kappa shape index (κ2) is 9.31. The van der Waals surface area contributed by atoms with Crippen LogP contribution in [0.4, 0.5) is 0 Å². The molecule has 0 aliphatic heterocycles. The summed E-state index contributed by atoms with van der Waals surface area (Å²) in [7, 11) is 3.96. The molecule has 0 radical (unpaired) electrons. The van der Waals surface area contributed by atoms with Gasteiger partial charge in [0.25, 0.3) is 0 Å². The number of aliphatic hydroxyl groups excluding tert-OH is 2. The molecule has 2 aromatic heterocycles. The first-order valence-corrected chi connectivity index (χ1v) is 7.32. The second-order valence-electron chi connectivity index (χ2n) is 5.37. The minimum Gasteiger partial charge on any atom is -0.396 e. The molecule has 1 unspecified atom stereocenters. The van der Waals surface area contributed by atoms with Crippen LogP contribution in [0.15, 0.2) is 37.4 Å². The van der Waals surface area contributed by atoms with E-state index < -0.39 is 0 Å². The number of hydrogen-bond donors (Lipinski definition) is 2. The van der Waals surface area contributed by atoms with Crippen molar-refractivity contribution < 1.29 is 19.3 Å². The Balaban J connectivity index is 0.000000211. The van der Waals surface area contributed by atoms with Crippen molar-refractivity contribution in [1.82, 2.24) is 9.13 Å². The molecule has 0 aromatic carbocycles. The van der Waals surface area contributed by atoms with E-state index >= 15 is 0 Å². The summed E-state index contributed by atoms with van der Waals surface area (Å²) >= 11 is 0. The van der Waals surface area contributed by atoms with Crippen LogP contribution < -0.4 is 9.13 Å². The molecule has 0 aliphatic carbocycles. The number of unbranched alkanes of at least 4 members (excludes halogenated alkanes) is 1. The average Bonchev–Trinajstić information content (AvgIpc) is 2.99. The predicted octanol–water partition coefficient (Wildman–Crippen LogP) is -0.221. The molecule has 0 aliphatic rings. The standard InChI is InChI=1S/C8H15N2O.C7H13N2O/c1-9-5-6-10(8-9)4-2-3-7-11;1-7(10)5-9-4-3-8(2)6-9/h5-6,8,11H,2-4,7H2,1H3;3-4,6-7,10H,5H2,1-2H3/q2*+1. The van der Waals surface area contributed by atoms with E-state index in [1.54, 1.807) is 6.92 Å². The van der Waals surface area contributed by atoms with Crippen LogP contribution in [0.25, 0.3) is 0 Å². The Morgan fingerprint density at radius 3 is 2.00 bits per heavy atom. The fraction of sp³-hybridized carbons (Fsp3) is 0.600. The van der Waals surface area contributed by atoms with Gasteiger partial charge in [0, 0.05) is 6.61 Å². The minimum atomic E-state index is -0.271. The molecule has 1 atom stereocenters. The molecular formula is C15H28N4O2+2. The van der Waals surface area contributed by atoms with Crippen molar-refractivity contribution in [3.05, 3.63) is 37.4 Å². The summed E-state index contributed by atoms with van der Waals surface area (Å²) in [6, 6.07) is 0. The molecule has 0 saturated carbocycles. The van der Waals surface area contributed by atoms with Gasteiger partial charge in [0.15, 0.2) is 0 Å². The lowest BCUT2D eigenvalue weighted by atomic mass is 10.3. The highest BCUT2D eigenvalue weighted by molar-refractivity contribution is 4.67. The first-order valence-electron chi connectivity index (χ1n) is 7.32. The SMILES string of the molecule is CC(O)Cn1cc[n+](C)c1.C[n+]1ccn(CCCCO)c1. The van der Waals surface area contributed by atoms with E-state index in [2.05, 4.69) is 4.57 Å². The molecule has 21 heavy (non-hydrogen) atoms. The molecule has 6 nitrogen and oxygen atoms in total. The van der Waals surface area contributed by atoms with Gasteiger partial charge in [-0.1, -0.05) is 0 Å². The highest BCUT2D eigenvalue weighted by atomic mass is 16.3. The van der Waals surface area contributed by atoms with Crippen molar-refractivity contribution in [2.75, 3.05) is 6.61 Å². The lowest BCUT2D eigenvalue weighted by molar-refractivity contribution is -0.671. The number of aliphatic hydroxyl groups is 2. The van der Waals surface area contributed by atoms with Gasteiger partial charge in [-0.25, -0.2) is 18.3 Å². The van der Waals surface area contributed by atoms with E-state index in [9.17, 15) is 0 Å². The van der Waals surface area contributed by atoms with E-state index in [4.69, 9.17) is 10.2 Å². The maximum absolute atomic E-state index is 8.98. The van der Waals surface area contributed by atoms with Gasteiger partial charge < -0.3 is 10.2 Å². The van der Waals surface area contributed by atoms with E-state index in [1.165, 1.54) is 0 Å². The van der Waals surface area contributed by atoms with Gasteiger partial charge in [0.1, 0.15) is 31.3 Å². The quantitative estimate of drug-likeness (QED) is 0.572. The summed E-state index contributed by atoms with van der Waals surface area (Å²) in [5.41, 5.74) is 0. The second-order valence-corrected chi connectivity index (χ2v) is 5.37. The zero-order valence-electron chi connectivity index (χ0n) is 13.3. The van der Waals surface area contributed by atoms with Gasteiger partial charge in [0.2, 0.25) is 12.7 Å². The fourth-order valence-corrected chi connectivity index (χ4v) is 1.95. The normalized spacial score (nSPS) is 11.9.